The maximum atomic E-state index is 12.5. The molecule has 0 bridgehead atoms. The molecule has 1 amide bonds. The van der Waals surface area contributed by atoms with Crippen molar-refractivity contribution in [1.82, 2.24) is 15.1 Å². The molecule has 1 fully saturated rings. The van der Waals surface area contributed by atoms with Crippen LogP contribution in [0.4, 0.5) is 0 Å². The first kappa shape index (κ1) is 15.3. The van der Waals surface area contributed by atoms with Crippen LogP contribution in [0.25, 0.3) is 0 Å². The normalized spacial score (nSPS) is 16.2. The second-order valence-electron chi connectivity index (χ2n) is 5.75. The fraction of sp³-hybridized carbons (Fsp3) is 0.353. The summed E-state index contributed by atoms with van der Waals surface area (Å²) in [6.45, 7) is 0. The fourth-order valence-corrected chi connectivity index (χ4v) is 3.07. The molecule has 1 aromatic carbocycles. The van der Waals surface area contributed by atoms with Gasteiger partial charge in [-0.05, 0) is 24.5 Å². The van der Waals surface area contributed by atoms with E-state index in [1.54, 1.807) is 47.3 Å². The Morgan fingerprint density at radius 1 is 1.17 bits per heavy atom. The first-order valence-corrected chi connectivity index (χ1v) is 7.79. The number of nitrogens with zero attached hydrogens (tertiary/aromatic N) is 2. The molecule has 6 heteroatoms. The second kappa shape index (κ2) is 6.64. The Bertz CT molecular complexity index is 690. The third kappa shape index (κ3) is 3.26. The summed E-state index contributed by atoms with van der Waals surface area (Å²) in [4.78, 5) is 24.0. The van der Waals surface area contributed by atoms with Crippen molar-refractivity contribution < 1.29 is 14.7 Å². The van der Waals surface area contributed by atoms with Gasteiger partial charge in [0.05, 0.1) is 6.04 Å². The highest BCUT2D eigenvalue weighted by Crippen LogP contribution is 2.29. The van der Waals surface area contributed by atoms with Crippen molar-refractivity contribution in [2.24, 2.45) is 0 Å². The SMILES string of the molecule is O=C(N[C@@H](C(=O)O)c1ccccc1)c1ccnn1C1CCCC1. The number of benzene rings is 1. The number of hydrogen-bond acceptors (Lipinski definition) is 3. The molecule has 23 heavy (non-hydrogen) atoms. The Morgan fingerprint density at radius 3 is 2.52 bits per heavy atom. The lowest BCUT2D eigenvalue weighted by Crippen LogP contribution is -2.35. The highest BCUT2D eigenvalue weighted by atomic mass is 16.4. The van der Waals surface area contributed by atoms with Gasteiger partial charge in [0.15, 0.2) is 6.04 Å². The molecule has 1 atom stereocenters. The molecule has 0 unspecified atom stereocenters. The van der Waals surface area contributed by atoms with E-state index in [4.69, 9.17) is 0 Å². The van der Waals surface area contributed by atoms with Gasteiger partial charge in [0, 0.05) is 6.20 Å². The van der Waals surface area contributed by atoms with Crippen LogP contribution >= 0.6 is 0 Å². The standard InChI is InChI=1S/C17H19N3O3/c21-16(14-10-11-18-20(14)13-8-4-5-9-13)19-15(17(22)23)12-6-2-1-3-7-12/h1-3,6-7,10-11,13,15H,4-5,8-9H2,(H,19,21)(H,22,23)/t15-/m1/s1. The topological polar surface area (TPSA) is 84.2 Å². The van der Waals surface area contributed by atoms with Gasteiger partial charge in [0.2, 0.25) is 0 Å². The van der Waals surface area contributed by atoms with Gasteiger partial charge in [-0.15, -0.1) is 0 Å². The van der Waals surface area contributed by atoms with Crippen LogP contribution in [0, 0.1) is 0 Å². The third-order valence-electron chi connectivity index (χ3n) is 4.23. The second-order valence-corrected chi connectivity index (χ2v) is 5.75. The molecule has 1 aliphatic rings. The lowest BCUT2D eigenvalue weighted by atomic mass is 10.1. The van der Waals surface area contributed by atoms with E-state index in [2.05, 4.69) is 10.4 Å². The van der Waals surface area contributed by atoms with Crippen LogP contribution < -0.4 is 5.32 Å². The molecule has 6 nitrogen and oxygen atoms in total. The minimum absolute atomic E-state index is 0.228. The third-order valence-corrected chi connectivity index (χ3v) is 4.23. The Kier molecular flexibility index (Phi) is 4.41. The molecule has 120 valence electrons. The highest BCUT2D eigenvalue weighted by molar-refractivity contribution is 5.95. The number of carbonyl (C=O) groups excluding carboxylic acids is 1. The van der Waals surface area contributed by atoms with E-state index in [9.17, 15) is 14.7 Å². The number of carboxylic acid groups (broad SMARTS) is 1. The predicted molar refractivity (Wildman–Crippen MR) is 84.0 cm³/mol. The molecular formula is C17H19N3O3. The van der Waals surface area contributed by atoms with Crippen LogP contribution in [0.5, 0.6) is 0 Å². The van der Waals surface area contributed by atoms with E-state index in [0.717, 1.165) is 25.7 Å². The van der Waals surface area contributed by atoms with Crippen molar-refractivity contribution in [3.63, 3.8) is 0 Å². The van der Waals surface area contributed by atoms with E-state index in [1.165, 1.54) is 0 Å². The summed E-state index contributed by atoms with van der Waals surface area (Å²) in [5.74, 6) is -1.50. The first-order valence-electron chi connectivity index (χ1n) is 7.79. The van der Waals surface area contributed by atoms with Gasteiger partial charge in [-0.2, -0.15) is 5.10 Å². The lowest BCUT2D eigenvalue weighted by Gasteiger charge is -2.17. The van der Waals surface area contributed by atoms with Crippen molar-refractivity contribution in [1.29, 1.82) is 0 Å². The van der Waals surface area contributed by atoms with Crippen molar-refractivity contribution in [3.8, 4) is 0 Å². The van der Waals surface area contributed by atoms with Crippen LogP contribution in [0.1, 0.15) is 53.8 Å². The minimum atomic E-state index is -1.09. The Hall–Kier alpha value is -2.63. The molecule has 1 saturated carbocycles. The molecule has 3 rings (SSSR count). The zero-order valence-corrected chi connectivity index (χ0v) is 12.7. The highest BCUT2D eigenvalue weighted by Gasteiger charge is 2.26. The van der Waals surface area contributed by atoms with Crippen molar-refractivity contribution in [2.75, 3.05) is 0 Å². The van der Waals surface area contributed by atoms with Crippen LogP contribution in [0.2, 0.25) is 0 Å². The Morgan fingerprint density at radius 2 is 1.87 bits per heavy atom. The summed E-state index contributed by atoms with van der Waals surface area (Å²) in [5.41, 5.74) is 0.958. The average Bonchev–Trinajstić information content (AvgIpc) is 3.23. The lowest BCUT2D eigenvalue weighted by molar-refractivity contribution is -0.139. The summed E-state index contributed by atoms with van der Waals surface area (Å²) in [6, 6.07) is 9.47. The summed E-state index contributed by atoms with van der Waals surface area (Å²) >= 11 is 0. The average molecular weight is 313 g/mol. The number of aromatic nitrogens is 2. The maximum absolute atomic E-state index is 12.5. The molecule has 1 heterocycles. The molecule has 2 N–H and O–H groups in total. The summed E-state index contributed by atoms with van der Waals surface area (Å²) in [5, 5.41) is 16.3. The number of nitrogens with one attached hydrogen (secondary N) is 1. The van der Waals surface area contributed by atoms with E-state index in [0.29, 0.717) is 11.3 Å². The smallest absolute Gasteiger partial charge is 0.330 e. The van der Waals surface area contributed by atoms with Gasteiger partial charge in [-0.25, -0.2) is 4.79 Å². The van der Waals surface area contributed by atoms with Gasteiger partial charge in [-0.3, -0.25) is 9.48 Å². The van der Waals surface area contributed by atoms with Crippen LogP contribution in [-0.2, 0) is 4.79 Å². The van der Waals surface area contributed by atoms with Gasteiger partial charge in [-0.1, -0.05) is 43.2 Å². The van der Waals surface area contributed by atoms with Crippen molar-refractivity contribution in [2.45, 2.75) is 37.8 Å². The molecule has 0 aliphatic heterocycles. The van der Waals surface area contributed by atoms with E-state index in [-0.39, 0.29) is 6.04 Å². The van der Waals surface area contributed by atoms with Gasteiger partial charge >= 0.3 is 5.97 Å². The monoisotopic (exact) mass is 313 g/mol. The van der Waals surface area contributed by atoms with E-state index in [1.807, 2.05) is 0 Å². The van der Waals surface area contributed by atoms with E-state index < -0.39 is 17.9 Å². The first-order chi connectivity index (χ1) is 11.2. The van der Waals surface area contributed by atoms with Gasteiger partial charge in [0.25, 0.3) is 5.91 Å². The molecule has 0 radical (unpaired) electrons. The number of rotatable bonds is 5. The van der Waals surface area contributed by atoms with Crippen LogP contribution in [-0.4, -0.2) is 26.8 Å². The molecule has 1 aromatic heterocycles. The fourth-order valence-electron chi connectivity index (χ4n) is 3.07. The number of aliphatic carboxylic acids is 1. The summed E-state index contributed by atoms with van der Waals surface area (Å²) < 4.78 is 1.73. The molecule has 0 saturated heterocycles. The molecule has 0 spiro atoms. The zero-order valence-electron chi connectivity index (χ0n) is 12.7. The molecule has 2 aromatic rings. The van der Waals surface area contributed by atoms with Gasteiger partial charge < -0.3 is 10.4 Å². The van der Waals surface area contributed by atoms with Crippen molar-refractivity contribution in [3.05, 3.63) is 53.9 Å². The number of carbonyl (C=O) groups is 2. The molecular weight excluding hydrogens is 294 g/mol. The minimum Gasteiger partial charge on any atom is -0.479 e. The summed E-state index contributed by atoms with van der Waals surface area (Å²) in [7, 11) is 0. The van der Waals surface area contributed by atoms with E-state index >= 15 is 0 Å². The van der Waals surface area contributed by atoms with Gasteiger partial charge in [0.1, 0.15) is 5.69 Å². The summed E-state index contributed by atoms with van der Waals surface area (Å²) in [6.07, 6.45) is 5.86. The quantitative estimate of drug-likeness (QED) is 0.888. The number of amides is 1. The van der Waals surface area contributed by atoms with Crippen LogP contribution in [0.15, 0.2) is 42.6 Å². The maximum Gasteiger partial charge on any atom is 0.330 e. The van der Waals surface area contributed by atoms with Crippen molar-refractivity contribution >= 4 is 11.9 Å². The van der Waals surface area contributed by atoms with Crippen LogP contribution in [0.3, 0.4) is 0 Å². The molecule has 1 aliphatic carbocycles. The Labute approximate surface area is 134 Å². The number of carboxylic acids is 1. The largest absolute Gasteiger partial charge is 0.479 e. The number of hydrogen-bond donors (Lipinski definition) is 2. The zero-order chi connectivity index (χ0) is 16.2. The Balaban J connectivity index is 1.80. The predicted octanol–water partition coefficient (Wildman–Crippen LogP) is 2.55.